The highest BCUT2D eigenvalue weighted by Crippen LogP contribution is 2.16. The number of nitriles is 1. The average molecular weight is 362 g/mol. The van der Waals surface area contributed by atoms with Crippen LogP contribution in [0.1, 0.15) is 26.3 Å². The Morgan fingerprint density at radius 3 is 2.41 bits per heavy atom. The van der Waals surface area contributed by atoms with Crippen LogP contribution < -0.4 is 5.32 Å². The van der Waals surface area contributed by atoms with Gasteiger partial charge in [-0.25, -0.2) is 0 Å². The average Bonchev–Trinajstić information content (AvgIpc) is 2.73. The second-order valence-corrected chi connectivity index (χ2v) is 6.13. The number of hydrogen-bond donors (Lipinski definition) is 1. The highest BCUT2D eigenvalue weighted by atomic mass is 16.2. The van der Waals surface area contributed by atoms with Crippen molar-refractivity contribution in [2.24, 2.45) is 0 Å². The van der Waals surface area contributed by atoms with E-state index in [-0.39, 0.29) is 5.91 Å². The molecule has 2 aromatic carbocycles. The number of nitrogens with zero attached hydrogens (tertiary/aromatic N) is 3. The topological polar surface area (TPSA) is 93.5 Å². The summed E-state index contributed by atoms with van der Waals surface area (Å²) < 4.78 is 0. The van der Waals surface area contributed by atoms with Crippen molar-refractivity contribution in [1.29, 1.82) is 5.26 Å². The van der Waals surface area contributed by atoms with Crippen LogP contribution in [0.4, 0.5) is 5.69 Å². The molecule has 1 N–H and O–H groups in total. The summed E-state index contributed by atoms with van der Waals surface area (Å²) in [7, 11) is 0. The standard InChI is InChI=1S/C20H18N4O3/c21-13-17-4-1-2-7-18(17)22-19(26)15-5-3-6-16(12-15)20(27)24-10-8-23(14-25)9-11-24/h1-7,12,14H,8-11H2,(H,22,26). The quantitative estimate of drug-likeness (QED) is 0.838. The third-order valence-corrected chi connectivity index (χ3v) is 4.42. The van der Waals surface area contributed by atoms with Crippen molar-refractivity contribution in [2.75, 3.05) is 31.5 Å². The van der Waals surface area contributed by atoms with Gasteiger partial charge < -0.3 is 15.1 Å². The number of rotatable bonds is 4. The molecule has 0 aliphatic carbocycles. The van der Waals surface area contributed by atoms with Crippen LogP contribution in [0.15, 0.2) is 48.5 Å². The number of anilines is 1. The smallest absolute Gasteiger partial charge is 0.255 e. The van der Waals surface area contributed by atoms with E-state index in [1.165, 1.54) is 0 Å². The SMILES string of the molecule is N#Cc1ccccc1NC(=O)c1cccc(C(=O)N2CCN(C=O)CC2)c1. The molecule has 0 unspecified atom stereocenters. The number of para-hydroxylation sites is 1. The molecule has 0 atom stereocenters. The molecule has 0 saturated carbocycles. The van der Waals surface area contributed by atoms with E-state index >= 15 is 0 Å². The molecule has 1 aliphatic rings. The molecule has 0 spiro atoms. The lowest BCUT2D eigenvalue weighted by molar-refractivity contribution is -0.119. The number of carbonyl (C=O) groups is 3. The van der Waals surface area contributed by atoms with E-state index in [0.717, 1.165) is 6.41 Å². The summed E-state index contributed by atoms with van der Waals surface area (Å²) in [4.78, 5) is 39.3. The lowest BCUT2D eigenvalue weighted by Crippen LogP contribution is -2.48. The number of hydrogen-bond acceptors (Lipinski definition) is 4. The van der Waals surface area contributed by atoms with Gasteiger partial charge >= 0.3 is 0 Å². The number of piperazine rings is 1. The van der Waals surface area contributed by atoms with Gasteiger partial charge in [-0.3, -0.25) is 14.4 Å². The molecular weight excluding hydrogens is 344 g/mol. The number of benzene rings is 2. The fraction of sp³-hybridized carbons (Fsp3) is 0.200. The molecule has 7 nitrogen and oxygen atoms in total. The molecule has 1 aliphatic heterocycles. The van der Waals surface area contributed by atoms with Gasteiger partial charge in [-0.1, -0.05) is 18.2 Å². The van der Waals surface area contributed by atoms with Gasteiger partial charge in [0.1, 0.15) is 6.07 Å². The zero-order valence-corrected chi connectivity index (χ0v) is 14.6. The number of nitrogens with one attached hydrogen (secondary N) is 1. The molecule has 2 aromatic rings. The minimum absolute atomic E-state index is 0.173. The number of amides is 3. The molecule has 1 fully saturated rings. The Kier molecular flexibility index (Phi) is 5.47. The number of carbonyl (C=O) groups excluding carboxylic acids is 3. The Hall–Kier alpha value is -3.66. The summed E-state index contributed by atoms with van der Waals surface area (Å²) in [5.74, 6) is -0.564. The minimum atomic E-state index is -0.391. The van der Waals surface area contributed by atoms with Crippen molar-refractivity contribution < 1.29 is 14.4 Å². The molecule has 1 heterocycles. The van der Waals surface area contributed by atoms with Gasteiger partial charge in [0, 0.05) is 37.3 Å². The van der Waals surface area contributed by atoms with E-state index in [4.69, 9.17) is 5.26 Å². The van der Waals surface area contributed by atoms with E-state index < -0.39 is 5.91 Å². The van der Waals surface area contributed by atoms with E-state index in [9.17, 15) is 14.4 Å². The predicted octanol–water partition coefficient (Wildman–Crippen LogP) is 1.72. The molecule has 1 saturated heterocycles. The van der Waals surface area contributed by atoms with Crippen molar-refractivity contribution in [3.8, 4) is 6.07 Å². The maximum atomic E-state index is 12.7. The third kappa shape index (κ3) is 4.12. The lowest BCUT2D eigenvalue weighted by Gasteiger charge is -2.32. The van der Waals surface area contributed by atoms with Crippen LogP contribution in [0.25, 0.3) is 0 Å². The van der Waals surface area contributed by atoms with Crippen LogP contribution in [0.5, 0.6) is 0 Å². The molecule has 3 amide bonds. The summed E-state index contributed by atoms with van der Waals surface area (Å²) in [6.45, 7) is 1.92. The van der Waals surface area contributed by atoms with Gasteiger partial charge in [0.15, 0.2) is 0 Å². The highest BCUT2D eigenvalue weighted by molar-refractivity contribution is 6.06. The van der Waals surface area contributed by atoms with Crippen molar-refractivity contribution in [2.45, 2.75) is 0 Å². The first-order valence-electron chi connectivity index (χ1n) is 8.51. The highest BCUT2D eigenvalue weighted by Gasteiger charge is 2.22. The summed E-state index contributed by atoms with van der Waals surface area (Å²) in [5, 5.41) is 11.8. The van der Waals surface area contributed by atoms with Crippen LogP contribution in [0.2, 0.25) is 0 Å². The first kappa shape index (κ1) is 18.1. The van der Waals surface area contributed by atoms with E-state index in [1.807, 2.05) is 6.07 Å². The van der Waals surface area contributed by atoms with Gasteiger partial charge in [-0.05, 0) is 30.3 Å². The molecule has 0 radical (unpaired) electrons. The molecular formula is C20H18N4O3. The third-order valence-electron chi connectivity index (χ3n) is 4.42. The Balaban J connectivity index is 1.73. The molecule has 136 valence electrons. The summed E-state index contributed by atoms with van der Waals surface area (Å²) in [6.07, 6.45) is 0.784. The monoisotopic (exact) mass is 362 g/mol. The predicted molar refractivity (Wildman–Crippen MR) is 99.1 cm³/mol. The van der Waals surface area contributed by atoms with E-state index in [0.29, 0.717) is 48.6 Å². The second-order valence-electron chi connectivity index (χ2n) is 6.13. The lowest BCUT2D eigenvalue weighted by atomic mass is 10.1. The maximum Gasteiger partial charge on any atom is 0.255 e. The van der Waals surface area contributed by atoms with Crippen molar-refractivity contribution >= 4 is 23.9 Å². The van der Waals surface area contributed by atoms with Gasteiger partial charge in [-0.15, -0.1) is 0 Å². The van der Waals surface area contributed by atoms with Gasteiger partial charge in [0.2, 0.25) is 6.41 Å². The molecule has 27 heavy (non-hydrogen) atoms. The zero-order chi connectivity index (χ0) is 19.2. The summed E-state index contributed by atoms with van der Waals surface area (Å²) in [6, 6.07) is 15.2. The van der Waals surface area contributed by atoms with Crippen LogP contribution in [0, 0.1) is 11.3 Å². The Bertz CT molecular complexity index is 911. The minimum Gasteiger partial charge on any atom is -0.342 e. The van der Waals surface area contributed by atoms with Crippen molar-refractivity contribution in [3.63, 3.8) is 0 Å². The van der Waals surface area contributed by atoms with Crippen LogP contribution in [-0.4, -0.2) is 54.2 Å². The fourth-order valence-electron chi connectivity index (χ4n) is 2.89. The molecule has 3 rings (SSSR count). The first-order valence-corrected chi connectivity index (χ1v) is 8.51. The Morgan fingerprint density at radius 2 is 1.70 bits per heavy atom. The molecule has 0 aromatic heterocycles. The van der Waals surface area contributed by atoms with E-state index in [2.05, 4.69) is 5.32 Å². The zero-order valence-electron chi connectivity index (χ0n) is 14.6. The normalized spacial score (nSPS) is 13.6. The van der Waals surface area contributed by atoms with Crippen LogP contribution in [-0.2, 0) is 4.79 Å². The fourth-order valence-corrected chi connectivity index (χ4v) is 2.89. The first-order chi connectivity index (χ1) is 13.1. The van der Waals surface area contributed by atoms with Crippen molar-refractivity contribution in [3.05, 3.63) is 65.2 Å². The van der Waals surface area contributed by atoms with Crippen LogP contribution in [0.3, 0.4) is 0 Å². The summed E-state index contributed by atoms with van der Waals surface area (Å²) in [5.41, 5.74) is 1.54. The molecule has 0 bridgehead atoms. The summed E-state index contributed by atoms with van der Waals surface area (Å²) >= 11 is 0. The largest absolute Gasteiger partial charge is 0.342 e. The Labute approximate surface area is 156 Å². The van der Waals surface area contributed by atoms with Gasteiger partial charge in [0.05, 0.1) is 11.3 Å². The van der Waals surface area contributed by atoms with E-state index in [1.54, 1.807) is 58.3 Å². The second kappa shape index (κ2) is 8.15. The van der Waals surface area contributed by atoms with Gasteiger partial charge in [-0.2, -0.15) is 5.26 Å². The van der Waals surface area contributed by atoms with Gasteiger partial charge in [0.25, 0.3) is 11.8 Å². The van der Waals surface area contributed by atoms with Crippen LogP contribution >= 0.6 is 0 Å². The Morgan fingerprint density at radius 1 is 1.00 bits per heavy atom. The van der Waals surface area contributed by atoms with Crippen molar-refractivity contribution in [1.82, 2.24) is 9.80 Å². The molecule has 7 heteroatoms. The maximum absolute atomic E-state index is 12.7.